The van der Waals surface area contributed by atoms with Gasteiger partial charge in [0.2, 0.25) is 6.41 Å². The van der Waals surface area contributed by atoms with Crippen LogP contribution in [0.25, 0.3) is 0 Å². The van der Waals surface area contributed by atoms with Crippen molar-refractivity contribution in [3.63, 3.8) is 0 Å². The van der Waals surface area contributed by atoms with Crippen LogP contribution >= 0.6 is 0 Å². The Kier molecular flexibility index (Phi) is 13.0. The van der Waals surface area contributed by atoms with Crippen molar-refractivity contribution in [2.24, 2.45) is 11.0 Å². The first-order valence-electron chi connectivity index (χ1n) is 11.7. The molecule has 1 aromatic carbocycles. The lowest BCUT2D eigenvalue weighted by Crippen LogP contribution is -2.29. The van der Waals surface area contributed by atoms with E-state index < -0.39 is 0 Å². The molecular formula is C28H40N4O. The van der Waals surface area contributed by atoms with Gasteiger partial charge < -0.3 is 10.6 Å². The average molecular weight is 449 g/mol. The summed E-state index contributed by atoms with van der Waals surface area (Å²) in [6.45, 7) is 16.6. The van der Waals surface area contributed by atoms with Crippen molar-refractivity contribution in [2.45, 2.75) is 54.4 Å². The van der Waals surface area contributed by atoms with Gasteiger partial charge in [0.1, 0.15) is 5.82 Å². The number of carbonyl (C=O) groups excluding carboxylic acids is 1. The van der Waals surface area contributed by atoms with Gasteiger partial charge in [0, 0.05) is 17.3 Å². The summed E-state index contributed by atoms with van der Waals surface area (Å²) in [6.07, 6.45) is 15.3. The van der Waals surface area contributed by atoms with E-state index in [1.807, 2.05) is 45.9 Å². The number of anilines is 1. The van der Waals surface area contributed by atoms with Crippen LogP contribution in [0, 0.1) is 12.8 Å². The topological polar surface area (TPSA) is 56.7 Å². The third-order valence-corrected chi connectivity index (χ3v) is 5.03. The van der Waals surface area contributed by atoms with Crippen LogP contribution in [0.3, 0.4) is 0 Å². The lowest BCUT2D eigenvalue weighted by molar-refractivity contribution is -0.116. The molecule has 0 saturated heterocycles. The van der Waals surface area contributed by atoms with Gasteiger partial charge in [-0.1, -0.05) is 75.9 Å². The maximum absolute atomic E-state index is 11.7. The lowest BCUT2D eigenvalue weighted by Gasteiger charge is -2.21. The van der Waals surface area contributed by atoms with Gasteiger partial charge >= 0.3 is 0 Å². The third-order valence-electron chi connectivity index (χ3n) is 5.03. The van der Waals surface area contributed by atoms with Crippen molar-refractivity contribution in [3.05, 3.63) is 90.0 Å². The molecule has 1 aliphatic rings. The molecule has 178 valence electrons. The largest absolute Gasteiger partial charge is 0.379 e. The van der Waals surface area contributed by atoms with Crippen LogP contribution < -0.4 is 10.6 Å². The van der Waals surface area contributed by atoms with Gasteiger partial charge in [-0.25, -0.2) is 0 Å². The van der Waals surface area contributed by atoms with Crippen LogP contribution in [0.1, 0.15) is 53.0 Å². The van der Waals surface area contributed by atoms with Gasteiger partial charge in [-0.05, 0) is 56.9 Å². The maximum atomic E-state index is 11.7. The molecule has 5 nitrogen and oxygen atoms in total. The van der Waals surface area contributed by atoms with Gasteiger partial charge in [-0.3, -0.25) is 4.79 Å². The maximum Gasteiger partial charge on any atom is 0.235 e. The summed E-state index contributed by atoms with van der Waals surface area (Å²) in [5.74, 6) is 0.613. The Labute approximate surface area is 200 Å². The minimum atomic E-state index is 0.214. The zero-order valence-electron chi connectivity index (χ0n) is 21.1. The second-order valence-corrected chi connectivity index (χ2v) is 7.59. The van der Waals surface area contributed by atoms with E-state index in [1.165, 1.54) is 10.6 Å². The minimum Gasteiger partial charge on any atom is -0.379 e. The van der Waals surface area contributed by atoms with Crippen LogP contribution in [0.4, 0.5) is 5.69 Å². The molecule has 5 heteroatoms. The fourth-order valence-electron chi connectivity index (χ4n) is 3.25. The third kappa shape index (κ3) is 9.77. The smallest absolute Gasteiger partial charge is 0.235 e. The number of nitrogens with one attached hydrogen (secondary N) is 2. The van der Waals surface area contributed by atoms with E-state index >= 15 is 0 Å². The van der Waals surface area contributed by atoms with Crippen molar-refractivity contribution >= 4 is 17.8 Å². The Morgan fingerprint density at radius 2 is 2.00 bits per heavy atom. The van der Waals surface area contributed by atoms with Crippen LogP contribution in [0.15, 0.2) is 89.5 Å². The molecule has 0 aromatic heterocycles. The minimum absolute atomic E-state index is 0.214. The fourth-order valence-corrected chi connectivity index (χ4v) is 3.25. The first-order chi connectivity index (χ1) is 15.9. The average Bonchev–Trinajstić information content (AvgIpc) is 2.93. The molecule has 0 bridgehead atoms. The predicted molar refractivity (Wildman–Crippen MR) is 143 cm³/mol. The predicted octanol–water partition coefficient (Wildman–Crippen LogP) is 6.70. The van der Waals surface area contributed by atoms with Crippen LogP contribution in [-0.4, -0.2) is 23.7 Å². The Morgan fingerprint density at radius 1 is 1.27 bits per heavy atom. The van der Waals surface area contributed by atoms with E-state index in [2.05, 4.69) is 78.7 Å². The van der Waals surface area contributed by atoms with E-state index in [4.69, 9.17) is 0 Å². The number of carbonyl (C=O) groups is 1. The van der Waals surface area contributed by atoms with E-state index in [0.717, 1.165) is 35.5 Å². The normalized spacial score (nSPS) is 18.8. The highest BCUT2D eigenvalue weighted by Crippen LogP contribution is 2.18. The lowest BCUT2D eigenvalue weighted by atomic mass is 9.96. The number of hydrazone groups is 1. The standard InChI is InChI=1S/C26H34N4O.C2H6/c1-6-24(18-27-25-15-12-13-20(2)17-25)28-23(5)30(19-31)29-22(4)26-16-11-9-7-8-10-14-21(26)3;1-2/h6,9-17,19,21,27-28H,5,7-8,18H2,1-4H3;1-2H3/b11-9-,14-10?,24-6-,26-16+,29-22+;. The van der Waals surface area contributed by atoms with Gasteiger partial charge in [0.25, 0.3) is 0 Å². The molecule has 2 rings (SSSR count). The number of hydrogen-bond donors (Lipinski definition) is 2. The van der Waals surface area contributed by atoms with Gasteiger partial charge in [0.15, 0.2) is 0 Å². The molecule has 1 aliphatic carbocycles. The first kappa shape index (κ1) is 27.7. The molecular weight excluding hydrogens is 408 g/mol. The number of nitrogens with zero attached hydrogens (tertiary/aromatic N) is 2. The molecule has 0 saturated carbocycles. The summed E-state index contributed by atoms with van der Waals surface area (Å²) >= 11 is 0. The van der Waals surface area contributed by atoms with E-state index in [-0.39, 0.29) is 5.92 Å². The number of rotatable bonds is 9. The van der Waals surface area contributed by atoms with Crippen molar-refractivity contribution in [1.29, 1.82) is 0 Å². The van der Waals surface area contributed by atoms with Crippen molar-refractivity contribution in [3.8, 4) is 0 Å². The number of amides is 1. The van der Waals surface area contributed by atoms with Crippen LogP contribution in [0.2, 0.25) is 0 Å². The quantitative estimate of drug-likeness (QED) is 0.191. The monoisotopic (exact) mass is 448 g/mol. The van der Waals surface area contributed by atoms with Crippen LogP contribution in [0.5, 0.6) is 0 Å². The zero-order valence-corrected chi connectivity index (χ0v) is 21.1. The van der Waals surface area contributed by atoms with E-state index in [9.17, 15) is 4.79 Å². The Bertz CT molecular complexity index is 922. The van der Waals surface area contributed by atoms with Crippen LogP contribution in [-0.2, 0) is 4.79 Å². The molecule has 0 aliphatic heterocycles. The summed E-state index contributed by atoms with van der Waals surface area (Å²) in [4.78, 5) is 11.7. The van der Waals surface area contributed by atoms with Crippen molar-refractivity contribution in [2.75, 3.05) is 11.9 Å². The molecule has 0 spiro atoms. The highest BCUT2D eigenvalue weighted by molar-refractivity contribution is 5.99. The molecule has 2 N–H and O–H groups in total. The summed E-state index contributed by atoms with van der Waals surface area (Å²) in [6, 6.07) is 8.18. The highest BCUT2D eigenvalue weighted by atomic mass is 16.1. The molecule has 0 radical (unpaired) electrons. The van der Waals surface area contributed by atoms with Crippen molar-refractivity contribution < 1.29 is 4.79 Å². The summed E-state index contributed by atoms with van der Waals surface area (Å²) in [5.41, 5.74) is 4.97. The molecule has 0 fully saturated rings. The van der Waals surface area contributed by atoms with Gasteiger partial charge in [-0.15, -0.1) is 0 Å². The zero-order chi connectivity index (χ0) is 24.6. The van der Waals surface area contributed by atoms with E-state index in [1.54, 1.807) is 0 Å². The molecule has 1 amide bonds. The molecule has 33 heavy (non-hydrogen) atoms. The Balaban J connectivity index is 0.00000265. The number of allylic oxidation sites excluding steroid dienone is 7. The summed E-state index contributed by atoms with van der Waals surface area (Å²) < 4.78 is 0. The number of hydrogen-bond acceptors (Lipinski definition) is 4. The Hall–Kier alpha value is -3.34. The van der Waals surface area contributed by atoms with Gasteiger partial charge in [-0.2, -0.15) is 10.1 Å². The molecule has 1 aromatic rings. The van der Waals surface area contributed by atoms with E-state index in [0.29, 0.717) is 18.8 Å². The second-order valence-electron chi connectivity index (χ2n) is 7.59. The Morgan fingerprint density at radius 3 is 2.67 bits per heavy atom. The summed E-state index contributed by atoms with van der Waals surface area (Å²) in [5, 5.41) is 12.4. The SMILES string of the molecule is C=C(N/C(=C\C)CNc1cccc(C)c1)N(C=O)/N=C(C)/C1=C/C=C\CCC=CC1C.CC. The molecule has 1 unspecified atom stereocenters. The fraction of sp³-hybridized carbons (Fsp3) is 0.357. The number of aryl methyl sites for hydroxylation is 1. The summed E-state index contributed by atoms with van der Waals surface area (Å²) in [7, 11) is 0. The molecule has 0 heterocycles. The first-order valence-corrected chi connectivity index (χ1v) is 11.7. The molecule has 1 atom stereocenters. The highest BCUT2D eigenvalue weighted by Gasteiger charge is 2.13. The van der Waals surface area contributed by atoms with Gasteiger partial charge in [0.05, 0.1) is 12.3 Å². The number of benzene rings is 1. The second kappa shape index (κ2) is 15.5. The van der Waals surface area contributed by atoms with Crippen molar-refractivity contribution in [1.82, 2.24) is 10.3 Å².